The van der Waals surface area contributed by atoms with Gasteiger partial charge in [0.1, 0.15) is 5.60 Å². The van der Waals surface area contributed by atoms with Crippen LogP contribution in [-0.2, 0) is 9.47 Å². The first-order valence-corrected chi connectivity index (χ1v) is 7.72. The Balaban J connectivity index is 2.32. The Bertz CT molecular complexity index is 309. The standard InChI is InChI=1S/C15H30N2O4/c1-12(18)10-17(14(19)21-15(2,3)4)7-6-16-9-13-5-8-20-11-13/h12-13,16,18H,5-11H2,1-4H3. The van der Waals surface area contributed by atoms with Crippen LogP contribution in [0.2, 0.25) is 0 Å². The molecule has 0 aromatic heterocycles. The highest BCUT2D eigenvalue weighted by Crippen LogP contribution is 2.11. The molecule has 0 saturated carbocycles. The molecule has 6 heteroatoms. The summed E-state index contributed by atoms with van der Waals surface area (Å²) < 4.78 is 10.7. The monoisotopic (exact) mass is 302 g/mol. The van der Waals surface area contributed by atoms with E-state index < -0.39 is 11.7 Å². The predicted molar refractivity (Wildman–Crippen MR) is 81.3 cm³/mol. The van der Waals surface area contributed by atoms with Crippen molar-refractivity contribution in [3.8, 4) is 0 Å². The van der Waals surface area contributed by atoms with Gasteiger partial charge in [0, 0.05) is 32.8 Å². The van der Waals surface area contributed by atoms with Gasteiger partial charge in [0.15, 0.2) is 0 Å². The summed E-state index contributed by atoms with van der Waals surface area (Å²) in [6, 6.07) is 0. The van der Waals surface area contributed by atoms with Crippen molar-refractivity contribution in [1.82, 2.24) is 10.2 Å². The maximum atomic E-state index is 12.1. The Morgan fingerprint density at radius 1 is 1.52 bits per heavy atom. The van der Waals surface area contributed by atoms with Gasteiger partial charge in [-0.3, -0.25) is 0 Å². The van der Waals surface area contributed by atoms with E-state index in [2.05, 4.69) is 5.32 Å². The summed E-state index contributed by atoms with van der Waals surface area (Å²) in [6.07, 6.45) is 0.145. The lowest BCUT2D eigenvalue weighted by Crippen LogP contribution is -2.44. The van der Waals surface area contributed by atoms with E-state index in [1.807, 2.05) is 20.8 Å². The molecule has 0 aromatic carbocycles. The number of rotatable bonds is 7. The number of carbonyl (C=O) groups is 1. The molecular formula is C15H30N2O4. The van der Waals surface area contributed by atoms with E-state index in [1.54, 1.807) is 11.8 Å². The van der Waals surface area contributed by atoms with Crippen molar-refractivity contribution < 1.29 is 19.4 Å². The van der Waals surface area contributed by atoms with Crippen molar-refractivity contribution in [3.63, 3.8) is 0 Å². The summed E-state index contributed by atoms with van der Waals surface area (Å²) >= 11 is 0. The van der Waals surface area contributed by atoms with Crippen molar-refractivity contribution in [3.05, 3.63) is 0 Å². The van der Waals surface area contributed by atoms with Gasteiger partial charge < -0.3 is 24.8 Å². The first-order chi connectivity index (χ1) is 9.78. The van der Waals surface area contributed by atoms with Crippen molar-refractivity contribution in [2.45, 2.75) is 45.8 Å². The lowest BCUT2D eigenvalue weighted by atomic mass is 10.1. The Morgan fingerprint density at radius 3 is 2.76 bits per heavy atom. The highest BCUT2D eigenvalue weighted by atomic mass is 16.6. The molecule has 0 spiro atoms. The lowest BCUT2D eigenvalue weighted by molar-refractivity contribution is 0.0164. The average Bonchev–Trinajstić information content (AvgIpc) is 2.83. The third-order valence-electron chi connectivity index (χ3n) is 3.15. The number of ether oxygens (including phenoxy) is 2. The second-order valence-electron chi connectivity index (χ2n) is 6.71. The van der Waals surface area contributed by atoms with E-state index in [-0.39, 0.29) is 12.6 Å². The van der Waals surface area contributed by atoms with Crippen LogP contribution >= 0.6 is 0 Å². The van der Waals surface area contributed by atoms with E-state index in [0.29, 0.717) is 19.0 Å². The molecule has 1 heterocycles. The van der Waals surface area contributed by atoms with Gasteiger partial charge in [-0.2, -0.15) is 0 Å². The topological polar surface area (TPSA) is 71.0 Å². The second-order valence-corrected chi connectivity index (χ2v) is 6.71. The van der Waals surface area contributed by atoms with Gasteiger partial charge in [0.05, 0.1) is 12.7 Å². The van der Waals surface area contributed by atoms with E-state index in [9.17, 15) is 9.90 Å². The van der Waals surface area contributed by atoms with Crippen molar-refractivity contribution in [2.24, 2.45) is 5.92 Å². The van der Waals surface area contributed by atoms with Gasteiger partial charge in [0.25, 0.3) is 0 Å². The minimum absolute atomic E-state index is 0.281. The number of nitrogens with one attached hydrogen (secondary N) is 1. The van der Waals surface area contributed by atoms with Crippen LogP contribution < -0.4 is 5.32 Å². The minimum atomic E-state index is -0.569. The molecule has 6 nitrogen and oxygen atoms in total. The molecule has 0 bridgehead atoms. The van der Waals surface area contributed by atoms with Gasteiger partial charge in [-0.05, 0) is 40.0 Å². The van der Waals surface area contributed by atoms with Gasteiger partial charge in [-0.25, -0.2) is 4.79 Å². The summed E-state index contributed by atoms with van der Waals surface area (Å²) in [5.74, 6) is 0.566. The molecule has 2 N–H and O–H groups in total. The van der Waals surface area contributed by atoms with Crippen LogP contribution in [-0.4, -0.2) is 67.2 Å². The molecule has 1 saturated heterocycles. The molecule has 1 rings (SSSR count). The first kappa shape index (κ1) is 18.2. The second kappa shape index (κ2) is 8.56. The van der Waals surface area contributed by atoms with Gasteiger partial charge in [-0.15, -0.1) is 0 Å². The molecule has 1 aliphatic rings. The quantitative estimate of drug-likeness (QED) is 0.692. The Labute approximate surface area is 127 Å². The average molecular weight is 302 g/mol. The minimum Gasteiger partial charge on any atom is -0.444 e. The highest BCUT2D eigenvalue weighted by Gasteiger charge is 2.23. The number of nitrogens with zero attached hydrogens (tertiary/aromatic N) is 1. The fraction of sp³-hybridized carbons (Fsp3) is 0.933. The van der Waals surface area contributed by atoms with Gasteiger partial charge in [0.2, 0.25) is 0 Å². The van der Waals surface area contributed by atoms with Crippen LogP contribution in [0.1, 0.15) is 34.1 Å². The number of aliphatic hydroxyl groups is 1. The molecule has 21 heavy (non-hydrogen) atoms. The lowest BCUT2D eigenvalue weighted by Gasteiger charge is -2.28. The Morgan fingerprint density at radius 2 is 2.24 bits per heavy atom. The molecule has 2 unspecified atom stereocenters. The molecule has 0 radical (unpaired) electrons. The zero-order valence-electron chi connectivity index (χ0n) is 13.7. The SMILES string of the molecule is CC(O)CN(CCNCC1CCOC1)C(=O)OC(C)(C)C. The Kier molecular flexibility index (Phi) is 7.42. The number of carbonyl (C=O) groups excluding carboxylic acids is 1. The first-order valence-electron chi connectivity index (χ1n) is 7.72. The molecule has 1 amide bonds. The Hall–Kier alpha value is -0.850. The van der Waals surface area contributed by atoms with Crippen LogP contribution in [0, 0.1) is 5.92 Å². The zero-order valence-corrected chi connectivity index (χ0v) is 13.7. The zero-order chi connectivity index (χ0) is 15.9. The maximum absolute atomic E-state index is 12.1. The molecular weight excluding hydrogens is 272 g/mol. The summed E-state index contributed by atoms with van der Waals surface area (Å²) in [4.78, 5) is 13.6. The summed E-state index contributed by atoms with van der Waals surface area (Å²) in [7, 11) is 0. The van der Waals surface area contributed by atoms with Gasteiger partial charge in [-0.1, -0.05) is 0 Å². The third kappa shape index (κ3) is 8.24. The van der Waals surface area contributed by atoms with E-state index >= 15 is 0 Å². The summed E-state index contributed by atoms with van der Waals surface area (Å²) in [5.41, 5.74) is -0.525. The molecule has 2 atom stereocenters. The van der Waals surface area contributed by atoms with Crippen molar-refractivity contribution >= 4 is 6.09 Å². The third-order valence-corrected chi connectivity index (χ3v) is 3.15. The van der Waals surface area contributed by atoms with E-state index in [4.69, 9.17) is 9.47 Å². The number of hydrogen-bond donors (Lipinski definition) is 2. The number of amides is 1. The van der Waals surface area contributed by atoms with Crippen molar-refractivity contribution in [2.75, 3.05) is 39.4 Å². The number of hydrogen-bond acceptors (Lipinski definition) is 5. The van der Waals surface area contributed by atoms with Crippen LogP contribution in [0.15, 0.2) is 0 Å². The molecule has 0 aromatic rings. The molecule has 124 valence electrons. The van der Waals surface area contributed by atoms with E-state index in [1.165, 1.54) is 0 Å². The van der Waals surface area contributed by atoms with Crippen LogP contribution in [0.25, 0.3) is 0 Å². The number of aliphatic hydroxyl groups excluding tert-OH is 1. The molecule has 1 fully saturated rings. The molecule has 1 aliphatic heterocycles. The molecule has 0 aliphatic carbocycles. The smallest absolute Gasteiger partial charge is 0.410 e. The normalized spacial score (nSPS) is 20.3. The van der Waals surface area contributed by atoms with Gasteiger partial charge >= 0.3 is 6.09 Å². The predicted octanol–water partition coefficient (Wildman–Crippen LogP) is 1.23. The summed E-state index contributed by atoms with van der Waals surface area (Å²) in [6.45, 7) is 11.2. The van der Waals surface area contributed by atoms with E-state index in [0.717, 1.165) is 26.2 Å². The summed E-state index contributed by atoms with van der Waals surface area (Å²) in [5, 5.41) is 12.9. The maximum Gasteiger partial charge on any atom is 0.410 e. The fourth-order valence-corrected chi connectivity index (χ4v) is 2.17. The van der Waals surface area contributed by atoms with Crippen LogP contribution in [0.3, 0.4) is 0 Å². The highest BCUT2D eigenvalue weighted by molar-refractivity contribution is 5.68. The fourth-order valence-electron chi connectivity index (χ4n) is 2.17. The van der Waals surface area contributed by atoms with Crippen molar-refractivity contribution in [1.29, 1.82) is 0 Å². The van der Waals surface area contributed by atoms with Crippen LogP contribution in [0.5, 0.6) is 0 Å². The largest absolute Gasteiger partial charge is 0.444 e. The van der Waals surface area contributed by atoms with Crippen LogP contribution in [0.4, 0.5) is 4.79 Å².